The molecule has 2 aromatic heterocycles. The lowest BCUT2D eigenvalue weighted by Crippen LogP contribution is -2.36. The van der Waals surface area contributed by atoms with Gasteiger partial charge >= 0.3 is 17.6 Å². The van der Waals surface area contributed by atoms with Gasteiger partial charge in [0, 0.05) is 80.5 Å². The van der Waals surface area contributed by atoms with Crippen LogP contribution in [0.25, 0.3) is 21.8 Å². The van der Waals surface area contributed by atoms with Gasteiger partial charge in [0.15, 0.2) is 0 Å². The minimum atomic E-state index is -4.64. The molecule has 20 heteroatoms. The maximum atomic E-state index is 14.0. The molecule has 8 rings (SSSR count). The predicted octanol–water partition coefficient (Wildman–Crippen LogP) is 12.4. The average Bonchev–Trinajstić information content (AvgIpc) is 3.27. The molecule has 3 N–H and O–H groups in total. The number of halogens is 6. The fourth-order valence-electron chi connectivity index (χ4n) is 8.02. The number of aryl methyl sites for hydroxylation is 1. The number of nitrogens with zero attached hydrogens (tertiary/aromatic N) is 6. The molecule has 2 aliphatic rings. The standard InChI is InChI=1S/C23H20BrF3N4O3.C14H20N2O.C9H4BrClN2O2/c1-13(32)14-6-8-30(9-7-14)20-5-3-16(11-18(20)23(25,26)27)29-22-17-10-15(24)2-4-19(17)28-12-21(22)31(33)34;1-10-9-13(15)3-4-14(10)16-7-5-12(6-8-16)11(2)17;10-5-1-2-7-6(3-5)9(11)8(4-12-7)13(14)15/h2-5,10-12,14H,6-9H2,1H3,(H,28,29);3-4,9,12H,5-8,15H2,1-2H3;1-4H. The number of benzene rings is 4. The molecule has 6 aromatic rings. The maximum Gasteiger partial charge on any atom is 0.418 e. The molecular formula is C46H44Br2ClF3N8O6. The Labute approximate surface area is 399 Å². The SMILES string of the molecule is CC(=O)C1CCN(c2ccc(N)cc2C)CC1.CC(=O)C1CCN(c2ccc(Nc3c([N+](=O)[O-])cnc4ccc(Br)cc34)cc2C(F)(F)F)CC1.O=[N+]([O-])c1cnc2ccc(Br)cc2c1Cl. The van der Waals surface area contributed by atoms with Gasteiger partial charge < -0.3 is 20.9 Å². The number of hydrogen-bond acceptors (Lipinski definition) is 12. The minimum absolute atomic E-state index is 0.0249. The summed E-state index contributed by atoms with van der Waals surface area (Å²) in [5.41, 5.74) is 8.88. The molecule has 0 bridgehead atoms. The van der Waals surface area contributed by atoms with Gasteiger partial charge in [-0.25, -0.2) is 9.97 Å². The number of nitrogen functional groups attached to an aromatic ring is 1. The molecule has 0 atom stereocenters. The summed E-state index contributed by atoms with van der Waals surface area (Å²) in [6, 6.07) is 20.1. The number of nitrogens with two attached hydrogens (primary N) is 1. The summed E-state index contributed by atoms with van der Waals surface area (Å²) in [4.78, 5) is 56.0. The van der Waals surface area contributed by atoms with Crippen LogP contribution in [0.1, 0.15) is 50.7 Å². The molecule has 0 spiro atoms. The highest BCUT2D eigenvalue weighted by Gasteiger charge is 2.37. The zero-order chi connectivity index (χ0) is 48.0. The molecule has 0 unspecified atom stereocenters. The van der Waals surface area contributed by atoms with E-state index in [1.807, 2.05) is 12.1 Å². The van der Waals surface area contributed by atoms with Crippen LogP contribution in [0.5, 0.6) is 0 Å². The summed E-state index contributed by atoms with van der Waals surface area (Å²) >= 11 is 12.5. The number of hydrogen-bond donors (Lipinski definition) is 2. The van der Waals surface area contributed by atoms with Crippen LogP contribution in [-0.4, -0.2) is 57.6 Å². The third-order valence-corrected chi connectivity index (χ3v) is 12.9. The number of aromatic nitrogens is 2. The number of Topliss-reactive ketones (excluding diaryl/α,β-unsaturated/α-hetero) is 2. The van der Waals surface area contributed by atoms with Gasteiger partial charge in [0.25, 0.3) is 0 Å². The molecule has 14 nitrogen and oxygen atoms in total. The normalized spacial score (nSPS) is 14.5. The number of anilines is 5. The summed E-state index contributed by atoms with van der Waals surface area (Å²) in [6.07, 6.45) is 0.542. The zero-order valence-corrected chi connectivity index (χ0v) is 39.8. The number of pyridine rings is 2. The van der Waals surface area contributed by atoms with E-state index in [1.54, 1.807) is 48.2 Å². The number of piperidine rings is 2. The van der Waals surface area contributed by atoms with Gasteiger partial charge in [-0.15, -0.1) is 0 Å². The first-order chi connectivity index (χ1) is 31.2. The van der Waals surface area contributed by atoms with Crippen molar-refractivity contribution in [1.82, 2.24) is 9.97 Å². The van der Waals surface area contributed by atoms with Gasteiger partial charge in [0.05, 0.1) is 26.4 Å². The molecule has 66 heavy (non-hydrogen) atoms. The molecule has 0 amide bonds. The summed E-state index contributed by atoms with van der Waals surface area (Å²) in [5.74, 6) is 0.512. The maximum absolute atomic E-state index is 14.0. The molecule has 2 fully saturated rings. The molecule has 4 aromatic carbocycles. The lowest BCUT2D eigenvalue weighted by molar-refractivity contribution is -0.384. The van der Waals surface area contributed by atoms with Gasteiger partial charge in [-0.2, -0.15) is 13.2 Å². The summed E-state index contributed by atoms with van der Waals surface area (Å²) in [6.45, 7) is 7.91. The number of nitrogens with one attached hydrogen (secondary N) is 1. The van der Waals surface area contributed by atoms with Crippen molar-refractivity contribution in [2.75, 3.05) is 47.0 Å². The van der Waals surface area contributed by atoms with E-state index in [9.17, 15) is 43.0 Å². The number of carbonyl (C=O) groups is 2. The van der Waals surface area contributed by atoms with Crippen molar-refractivity contribution in [3.05, 3.63) is 131 Å². The van der Waals surface area contributed by atoms with E-state index in [4.69, 9.17) is 17.3 Å². The van der Waals surface area contributed by atoms with E-state index in [2.05, 4.69) is 65.0 Å². The van der Waals surface area contributed by atoms with Crippen molar-refractivity contribution in [3.63, 3.8) is 0 Å². The fourth-order valence-corrected chi connectivity index (χ4v) is 9.01. The number of nitro groups is 2. The van der Waals surface area contributed by atoms with Crippen LogP contribution in [0.2, 0.25) is 5.02 Å². The smallest absolute Gasteiger partial charge is 0.399 e. The highest BCUT2D eigenvalue weighted by Crippen LogP contribution is 2.42. The summed E-state index contributed by atoms with van der Waals surface area (Å²) in [7, 11) is 0. The van der Waals surface area contributed by atoms with Crippen LogP contribution in [0.3, 0.4) is 0 Å². The van der Waals surface area contributed by atoms with E-state index in [1.165, 1.54) is 36.5 Å². The minimum Gasteiger partial charge on any atom is -0.399 e. The first-order valence-electron chi connectivity index (χ1n) is 20.7. The highest BCUT2D eigenvalue weighted by molar-refractivity contribution is 9.10. The lowest BCUT2D eigenvalue weighted by Gasteiger charge is -2.34. The van der Waals surface area contributed by atoms with Crippen LogP contribution >= 0.6 is 43.5 Å². The number of ketones is 2. The molecule has 2 aliphatic heterocycles. The first kappa shape index (κ1) is 49.5. The molecule has 0 saturated carbocycles. The Morgan fingerprint density at radius 2 is 1.23 bits per heavy atom. The largest absolute Gasteiger partial charge is 0.418 e. The summed E-state index contributed by atoms with van der Waals surface area (Å²) < 4.78 is 43.5. The fraction of sp³-hybridized carbons (Fsp3) is 0.304. The van der Waals surface area contributed by atoms with E-state index in [0.717, 1.165) is 48.4 Å². The van der Waals surface area contributed by atoms with Gasteiger partial charge in [0.2, 0.25) is 0 Å². The van der Waals surface area contributed by atoms with E-state index < -0.39 is 21.6 Å². The first-order valence-corrected chi connectivity index (χ1v) is 22.6. The van der Waals surface area contributed by atoms with Crippen molar-refractivity contribution < 1.29 is 32.6 Å². The van der Waals surface area contributed by atoms with Gasteiger partial charge in [-0.1, -0.05) is 43.5 Å². The molecule has 0 radical (unpaired) electrons. The molecule has 4 heterocycles. The Morgan fingerprint density at radius 3 is 1.73 bits per heavy atom. The topological polar surface area (TPSA) is 191 Å². The van der Waals surface area contributed by atoms with Crippen molar-refractivity contribution in [2.24, 2.45) is 11.8 Å². The average molecular weight is 1060 g/mol. The predicted molar refractivity (Wildman–Crippen MR) is 259 cm³/mol. The quantitative estimate of drug-likeness (QED) is 0.0834. The zero-order valence-electron chi connectivity index (χ0n) is 35.9. The Morgan fingerprint density at radius 1 is 0.742 bits per heavy atom. The van der Waals surface area contributed by atoms with Crippen LogP contribution in [0.4, 0.5) is 53.0 Å². The second-order valence-electron chi connectivity index (χ2n) is 16.0. The van der Waals surface area contributed by atoms with Crippen LogP contribution < -0.4 is 20.9 Å². The second-order valence-corrected chi connectivity index (χ2v) is 18.2. The van der Waals surface area contributed by atoms with Gasteiger partial charge in [-0.3, -0.25) is 29.8 Å². The third-order valence-electron chi connectivity index (χ3n) is 11.6. The Kier molecular flexibility index (Phi) is 15.9. The molecule has 2 saturated heterocycles. The van der Waals surface area contributed by atoms with Crippen molar-refractivity contribution >= 4 is 117 Å². The Balaban J connectivity index is 0.000000186. The van der Waals surface area contributed by atoms with Crippen LogP contribution in [0.15, 0.2) is 94.1 Å². The Hall–Kier alpha value is -5.92. The second kappa shape index (κ2) is 21.1. The van der Waals surface area contributed by atoms with Crippen LogP contribution in [0, 0.1) is 39.0 Å². The van der Waals surface area contributed by atoms with E-state index in [-0.39, 0.29) is 51.1 Å². The van der Waals surface area contributed by atoms with Gasteiger partial charge in [-0.05, 0) is 125 Å². The third kappa shape index (κ3) is 11.9. The van der Waals surface area contributed by atoms with Crippen molar-refractivity contribution in [1.29, 1.82) is 0 Å². The van der Waals surface area contributed by atoms with E-state index >= 15 is 0 Å². The summed E-state index contributed by atoms with van der Waals surface area (Å²) in [5, 5.41) is 26.1. The number of carbonyl (C=O) groups excluding carboxylic acids is 2. The molecule has 346 valence electrons. The van der Waals surface area contributed by atoms with E-state index in [0.29, 0.717) is 58.0 Å². The Bertz CT molecular complexity index is 2820. The van der Waals surface area contributed by atoms with Crippen LogP contribution in [-0.2, 0) is 15.8 Å². The monoisotopic (exact) mass is 1050 g/mol. The highest BCUT2D eigenvalue weighted by atomic mass is 79.9. The van der Waals surface area contributed by atoms with Gasteiger partial charge in [0.1, 0.15) is 34.7 Å². The van der Waals surface area contributed by atoms with Crippen molar-refractivity contribution in [2.45, 2.75) is 52.6 Å². The molecular weight excluding hydrogens is 1010 g/mol. The number of rotatable bonds is 8. The number of fused-ring (bicyclic) bond motifs is 2. The lowest BCUT2D eigenvalue weighted by atomic mass is 9.92. The number of alkyl halides is 3. The van der Waals surface area contributed by atoms with Crippen molar-refractivity contribution in [3.8, 4) is 0 Å². The molecule has 0 aliphatic carbocycles.